The van der Waals surface area contributed by atoms with Crippen molar-refractivity contribution >= 4 is 27.5 Å². The molecule has 0 aliphatic carbocycles. The molecule has 0 heterocycles. The molecule has 7 heteroatoms. The largest absolute Gasteiger partial charge is 0.399 e. The summed E-state index contributed by atoms with van der Waals surface area (Å²) in [5.74, 6) is 0.783. The lowest BCUT2D eigenvalue weighted by Gasteiger charge is -2.18. The summed E-state index contributed by atoms with van der Waals surface area (Å²) in [4.78, 5) is 0.950. The maximum Gasteiger partial charge on any atom is 0.212 e. The lowest BCUT2D eigenvalue weighted by atomic mass is 10.1. The Kier molecular flexibility index (Phi) is 7.51. The van der Waals surface area contributed by atoms with E-state index < -0.39 is 16.1 Å². The second kappa shape index (κ2) is 8.63. The smallest absolute Gasteiger partial charge is 0.212 e. The first-order chi connectivity index (χ1) is 9.82. The number of sulfonamides is 1. The third-order valence-corrected chi connectivity index (χ3v) is 5.49. The Morgan fingerprint density at radius 2 is 2.10 bits per heavy atom. The molecule has 1 atom stereocenters. The number of thioether (sulfide) groups is 1. The molecule has 4 N–H and O–H groups in total. The predicted octanol–water partition coefficient (Wildman–Crippen LogP) is 1.69. The highest BCUT2D eigenvalue weighted by atomic mass is 32.2. The van der Waals surface area contributed by atoms with Gasteiger partial charge in [-0.3, -0.25) is 0 Å². The van der Waals surface area contributed by atoms with E-state index in [2.05, 4.69) is 4.72 Å². The van der Waals surface area contributed by atoms with Crippen molar-refractivity contribution in [2.24, 2.45) is 5.92 Å². The summed E-state index contributed by atoms with van der Waals surface area (Å²) in [6.07, 6.45) is 0.623. The van der Waals surface area contributed by atoms with E-state index in [4.69, 9.17) is 5.73 Å². The van der Waals surface area contributed by atoms with Gasteiger partial charge in [-0.1, -0.05) is 19.9 Å². The molecule has 5 nitrogen and oxygen atoms in total. The van der Waals surface area contributed by atoms with E-state index in [9.17, 15) is 13.5 Å². The number of anilines is 1. The number of rotatable bonds is 9. The molecule has 0 fully saturated rings. The average molecular weight is 332 g/mol. The molecule has 120 valence electrons. The molecular formula is C14H24N2O3S2. The molecular weight excluding hydrogens is 308 g/mol. The first kappa shape index (κ1) is 18.3. The van der Waals surface area contributed by atoms with Gasteiger partial charge in [0.15, 0.2) is 0 Å². The van der Waals surface area contributed by atoms with Crippen molar-refractivity contribution in [3.8, 4) is 0 Å². The Hall–Kier alpha value is -0.760. The van der Waals surface area contributed by atoms with E-state index in [1.165, 1.54) is 11.8 Å². The fraction of sp³-hybridized carbons (Fsp3) is 0.571. The fourth-order valence-electron chi connectivity index (χ4n) is 1.92. The SMILES string of the molecule is CC(C)CC(CO)NS(=O)(=O)CCSc1cccc(N)c1. The van der Waals surface area contributed by atoms with Crippen molar-refractivity contribution in [2.75, 3.05) is 23.8 Å². The zero-order valence-electron chi connectivity index (χ0n) is 12.5. The van der Waals surface area contributed by atoms with Crippen LogP contribution in [0.2, 0.25) is 0 Å². The van der Waals surface area contributed by atoms with Gasteiger partial charge in [0.2, 0.25) is 10.0 Å². The van der Waals surface area contributed by atoms with Crippen LogP contribution in [0.15, 0.2) is 29.2 Å². The van der Waals surface area contributed by atoms with Gasteiger partial charge < -0.3 is 10.8 Å². The molecule has 0 amide bonds. The van der Waals surface area contributed by atoms with Crippen LogP contribution in [0.3, 0.4) is 0 Å². The van der Waals surface area contributed by atoms with Gasteiger partial charge in [-0.15, -0.1) is 11.8 Å². The van der Waals surface area contributed by atoms with Gasteiger partial charge in [0.25, 0.3) is 0 Å². The van der Waals surface area contributed by atoms with E-state index in [0.717, 1.165) is 4.90 Å². The topological polar surface area (TPSA) is 92.4 Å². The summed E-state index contributed by atoms with van der Waals surface area (Å²) < 4.78 is 26.5. The quantitative estimate of drug-likeness (QED) is 0.473. The second-order valence-electron chi connectivity index (χ2n) is 5.37. The first-order valence-electron chi connectivity index (χ1n) is 6.91. The lowest BCUT2D eigenvalue weighted by molar-refractivity contribution is 0.240. The molecule has 1 unspecified atom stereocenters. The number of hydrogen-bond donors (Lipinski definition) is 3. The molecule has 0 aromatic heterocycles. The number of nitrogens with two attached hydrogens (primary N) is 1. The highest BCUT2D eigenvalue weighted by molar-refractivity contribution is 8.00. The Labute approximate surface area is 131 Å². The maximum absolute atomic E-state index is 12.0. The highest BCUT2D eigenvalue weighted by Gasteiger charge is 2.18. The minimum absolute atomic E-state index is 0.0149. The van der Waals surface area contributed by atoms with Gasteiger partial charge in [0, 0.05) is 22.4 Å². The van der Waals surface area contributed by atoms with Gasteiger partial charge in [-0.25, -0.2) is 13.1 Å². The van der Waals surface area contributed by atoms with Crippen molar-refractivity contribution in [1.29, 1.82) is 0 Å². The van der Waals surface area contributed by atoms with Crippen LogP contribution in [-0.4, -0.2) is 37.7 Å². The number of nitrogen functional groups attached to an aromatic ring is 1. The molecule has 0 aliphatic heterocycles. The van der Waals surface area contributed by atoms with E-state index in [-0.39, 0.29) is 12.4 Å². The number of aliphatic hydroxyl groups excluding tert-OH is 1. The Balaban J connectivity index is 2.45. The van der Waals surface area contributed by atoms with Crippen LogP contribution in [0.4, 0.5) is 5.69 Å². The predicted molar refractivity (Wildman–Crippen MR) is 88.8 cm³/mol. The number of nitrogens with one attached hydrogen (secondary N) is 1. The zero-order chi connectivity index (χ0) is 15.9. The summed E-state index contributed by atoms with van der Waals surface area (Å²) in [5.41, 5.74) is 6.34. The molecule has 0 saturated carbocycles. The summed E-state index contributed by atoms with van der Waals surface area (Å²) in [6, 6.07) is 6.94. The molecule has 21 heavy (non-hydrogen) atoms. The van der Waals surface area contributed by atoms with Gasteiger partial charge in [-0.05, 0) is 30.5 Å². The summed E-state index contributed by atoms with van der Waals surface area (Å²) in [5, 5.41) is 9.23. The molecule has 1 aromatic carbocycles. The lowest BCUT2D eigenvalue weighted by Crippen LogP contribution is -2.40. The van der Waals surface area contributed by atoms with Crippen molar-refractivity contribution in [2.45, 2.75) is 31.2 Å². The normalized spacial score (nSPS) is 13.5. The molecule has 0 bridgehead atoms. The van der Waals surface area contributed by atoms with Crippen LogP contribution in [0.5, 0.6) is 0 Å². The molecule has 0 saturated heterocycles. The fourth-order valence-corrected chi connectivity index (χ4v) is 4.55. The number of benzene rings is 1. The minimum atomic E-state index is -3.38. The van der Waals surface area contributed by atoms with Crippen LogP contribution in [-0.2, 0) is 10.0 Å². The molecule has 0 spiro atoms. The van der Waals surface area contributed by atoms with Gasteiger partial charge in [0.1, 0.15) is 0 Å². The van der Waals surface area contributed by atoms with E-state index in [0.29, 0.717) is 23.8 Å². The van der Waals surface area contributed by atoms with E-state index in [1.807, 2.05) is 32.0 Å². The third-order valence-electron chi connectivity index (χ3n) is 2.80. The zero-order valence-corrected chi connectivity index (χ0v) is 14.1. The monoisotopic (exact) mass is 332 g/mol. The standard InChI is InChI=1S/C14H24N2O3S2/c1-11(2)8-13(10-17)16-21(18,19)7-6-20-14-5-3-4-12(15)9-14/h3-5,9,11,13,16-17H,6-8,10,15H2,1-2H3. The third kappa shape index (κ3) is 7.71. The van der Waals surface area contributed by atoms with E-state index in [1.54, 1.807) is 6.07 Å². The van der Waals surface area contributed by atoms with Gasteiger partial charge >= 0.3 is 0 Å². The van der Waals surface area contributed by atoms with Crippen molar-refractivity contribution in [1.82, 2.24) is 4.72 Å². The summed E-state index contributed by atoms with van der Waals surface area (Å²) in [6.45, 7) is 3.80. The molecule has 0 aliphatic rings. The Morgan fingerprint density at radius 3 is 2.67 bits per heavy atom. The molecule has 1 aromatic rings. The molecule has 1 rings (SSSR count). The van der Waals surface area contributed by atoms with Crippen LogP contribution in [0.25, 0.3) is 0 Å². The number of hydrogen-bond acceptors (Lipinski definition) is 5. The van der Waals surface area contributed by atoms with Crippen LogP contribution in [0.1, 0.15) is 20.3 Å². The maximum atomic E-state index is 12.0. The first-order valence-corrected chi connectivity index (χ1v) is 9.55. The summed E-state index contributed by atoms with van der Waals surface area (Å²) in [7, 11) is -3.38. The highest BCUT2D eigenvalue weighted by Crippen LogP contribution is 2.20. The van der Waals surface area contributed by atoms with Crippen molar-refractivity contribution < 1.29 is 13.5 Å². The van der Waals surface area contributed by atoms with Gasteiger partial charge in [0.05, 0.1) is 12.4 Å². The van der Waals surface area contributed by atoms with E-state index >= 15 is 0 Å². The minimum Gasteiger partial charge on any atom is -0.399 e. The molecule has 0 radical (unpaired) electrons. The van der Waals surface area contributed by atoms with Gasteiger partial charge in [-0.2, -0.15) is 0 Å². The average Bonchev–Trinajstić information content (AvgIpc) is 2.37. The van der Waals surface area contributed by atoms with Crippen molar-refractivity contribution in [3.63, 3.8) is 0 Å². The Bertz CT molecular complexity index is 533. The Morgan fingerprint density at radius 1 is 1.38 bits per heavy atom. The summed E-state index contributed by atoms with van der Waals surface area (Å²) >= 11 is 1.45. The van der Waals surface area contributed by atoms with Crippen LogP contribution < -0.4 is 10.5 Å². The van der Waals surface area contributed by atoms with Crippen LogP contribution in [0, 0.1) is 5.92 Å². The van der Waals surface area contributed by atoms with Crippen molar-refractivity contribution in [3.05, 3.63) is 24.3 Å². The number of aliphatic hydroxyl groups is 1. The second-order valence-corrected chi connectivity index (χ2v) is 8.41. The van der Waals surface area contributed by atoms with Crippen LogP contribution >= 0.6 is 11.8 Å².